The first-order chi connectivity index (χ1) is 10.1. The molecule has 0 saturated heterocycles. The first-order valence-corrected chi connectivity index (χ1v) is 7.23. The Bertz CT molecular complexity index is 624. The van der Waals surface area contributed by atoms with Crippen LogP contribution in [0.5, 0.6) is 0 Å². The third kappa shape index (κ3) is 3.00. The number of rotatable bonds is 3. The van der Waals surface area contributed by atoms with Crippen molar-refractivity contribution in [2.75, 3.05) is 0 Å². The number of pyridine rings is 1. The minimum absolute atomic E-state index is 0.423. The monoisotopic (exact) mass is 306 g/mol. The molecule has 6 nitrogen and oxygen atoms in total. The summed E-state index contributed by atoms with van der Waals surface area (Å²) in [6.45, 7) is 0.551. The van der Waals surface area contributed by atoms with Crippen LogP contribution in [0.15, 0.2) is 41.7 Å². The molecule has 0 spiro atoms. The third-order valence-corrected chi connectivity index (χ3v) is 3.91. The molecule has 0 amide bonds. The third-order valence-electron chi connectivity index (χ3n) is 3.69. The van der Waals surface area contributed by atoms with Crippen molar-refractivity contribution in [2.24, 2.45) is 0 Å². The lowest BCUT2D eigenvalue weighted by Gasteiger charge is -2.23. The first-order valence-electron chi connectivity index (χ1n) is 6.86. The van der Waals surface area contributed by atoms with Gasteiger partial charge in [0.25, 0.3) is 6.20 Å². The summed E-state index contributed by atoms with van der Waals surface area (Å²) in [6.07, 6.45) is 6.85. The van der Waals surface area contributed by atoms with Crippen LogP contribution in [0, 0.1) is 10.1 Å². The molecular weight excluding hydrogens is 292 g/mol. The van der Waals surface area contributed by atoms with E-state index in [9.17, 15) is 10.1 Å². The van der Waals surface area contributed by atoms with Crippen molar-refractivity contribution in [2.45, 2.75) is 32.2 Å². The largest absolute Gasteiger partial charge is 0.338 e. The summed E-state index contributed by atoms with van der Waals surface area (Å²) >= 11 is 5.79. The summed E-state index contributed by atoms with van der Waals surface area (Å²) in [7, 11) is 0. The zero-order valence-electron chi connectivity index (χ0n) is 11.4. The van der Waals surface area contributed by atoms with E-state index in [2.05, 4.69) is 10.3 Å². The van der Waals surface area contributed by atoms with Crippen molar-refractivity contribution < 1.29 is 4.92 Å². The van der Waals surface area contributed by atoms with Gasteiger partial charge in [0.05, 0.1) is 11.5 Å². The fourth-order valence-corrected chi connectivity index (χ4v) is 2.87. The van der Waals surface area contributed by atoms with E-state index in [1.165, 1.54) is 0 Å². The number of hydrogen-bond donors (Lipinski definition) is 1. The molecule has 1 aliphatic heterocycles. The van der Waals surface area contributed by atoms with Gasteiger partial charge in [-0.05, 0) is 37.3 Å². The molecule has 7 heteroatoms. The molecule has 1 aromatic rings. The Labute approximate surface area is 127 Å². The van der Waals surface area contributed by atoms with Gasteiger partial charge in [0, 0.05) is 17.6 Å². The second kappa shape index (κ2) is 5.73. The van der Waals surface area contributed by atoms with Crippen molar-refractivity contribution in [3.8, 4) is 0 Å². The minimum atomic E-state index is -0.423. The van der Waals surface area contributed by atoms with E-state index in [0.29, 0.717) is 17.5 Å². The van der Waals surface area contributed by atoms with E-state index in [1.54, 1.807) is 12.3 Å². The molecule has 0 bridgehead atoms. The van der Waals surface area contributed by atoms with Gasteiger partial charge < -0.3 is 10.2 Å². The maximum atomic E-state index is 10.8. The van der Waals surface area contributed by atoms with Crippen LogP contribution in [-0.2, 0) is 6.54 Å². The van der Waals surface area contributed by atoms with Gasteiger partial charge in [0.15, 0.2) is 5.82 Å². The molecule has 1 aromatic heterocycles. The van der Waals surface area contributed by atoms with Gasteiger partial charge in [-0.1, -0.05) is 17.7 Å². The maximum absolute atomic E-state index is 10.8. The Morgan fingerprint density at radius 3 is 2.95 bits per heavy atom. The molecule has 0 fully saturated rings. The van der Waals surface area contributed by atoms with Crippen LogP contribution in [0.2, 0.25) is 5.15 Å². The van der Waals surface area contributed by atoms with Gasteiger partial charge >= 0.3 is 0 Å². The van der Waals surface area contributed by atoms with Crippen LogP contribution < -0.4 is 5.32 Å². The van der Waals surface area contributed by atoms with Gasteiger partial charge in [-0.2, -0.15) is 0 Å². The molecule has 0 atom stereocenters. The van der Waals surface area contributed by atoms with Crippen molar-refractivity contribution in [1.29, 1.82) is 0 Å². The van der Waals surface area contributed by atoms with Gasteiger partial charge in [-0.3, -0.25) is 10.1 Å². The predicted molar refractivity (Wildman–Crippen MR) is 78.5 cm³/mol. The van der Waals surface area contributed by atoms with Crippen molar-refractivity contribution >= 4 is 11.6 Å². The molecular formula is C14H15ClN4O2. The Morgan fingerprint density at radius 1 is 1.43 bits per heavy atom. The summed E-state index contributed by atoms with van der Waals surface area (Å²) in [4.78, 5) is 16.4. The zero-order chi connectivity index (χ0) is 14.8. The van der Waals surface area contributed by atoms with Crippen LogP contribution in [0.1, 0.15) is 31.2 Å². The van der Waals surface area contributed by atoms with Crippen molar-refractivity contribution in [3.63, 3.8) is 0 Å². The Morgan fingerprint density at radius 2 is 2.24 bits per heavy atom. The number of nitrogens with zero attached hydrogens (tertiary/aromatic N) is 3. The lowest BCUT2D eigenvalue weighted by molar-refractivity contribution is -0.404. The van der Waals surface area contributed by atoms with Crippen LogP contribution in [-0.4, -0.2) is 14.8 Å². The number of allylic oxidation sites excluding steroid dienone is 2. The molecule has 0 saturated carbocycles. The molecule has 21 heavy (non-hydrogen) atoms. The summed E-state index contributed by atoms with van der Waals surface area (Å²) in [5.41, 5.74) is 3.23. The number of hydrogen-bond acceptors (Lipinski definition) is 5. The van der Waals surface area contributed by atoms with Gasteiger partial charge in [-0.25, -0.2) is 4.98 Å². The Balaban J connectivity index is 1.88. The minimum Gasteiger partial charge on any atom is -0.338 e. The summed E-state index contributed by atoms with van der Waals surface area (Å²) in [5.74, 6) is 0.529. The molecule has 1 N–H and O–H groups in total. The van der Waals surface area contributed by atoms with Gasteiger partial charge in [-0.15, -0.1) is 0 Å². The quantitative estimate of drug-likeness (QED) is 0.528. The van der Waals surface area contributed by atoms with E-state index in [1.807, 2.05) is 11.0 Å². The highest BCUT2D eigenvalue weighted by molar-refractivity contribution is 6.29. The Hall–Kier alpha value is -2.08. The van der Waals surface area contributed by atoms with Crippen LogP contribution in [0.4, 0.5) is 0 Å². The molecule has 2 aliphatic rings. The highest BCUT2D eigenvalue weighted by atomic mass is 35.5. The van der Waals surface area contributed by atoms with Gasteiger partial charge in [0.1, 0.15) is 5.15 Å². The van der Waals surface area contributed by atoms with Gasteiger partial charge in [0.2, 0.25) is 0 Å². The highest BCUT2D eigenvalue weighted by Crippen LogP contribution is 2.34. The van der Waals surface area contributed by atoms with Crippen LogP contribution >= 0.6 is 11.6 Å². The number of nitrogens with one attached hydrogen (secondary N) is 1. The second-order valence-corrected chi connectivity index (χ2v) is 5.52. The standard InChI is InChI=1S/C14H15ClN4O2/c15-13-6-5-10(7-16-13)8-18-12-4-2-1-3-11(12)17-14(18)9-19(20)21/h5-7,9,17H,1-4,8H2/b14-9+. The van der Waals surface area contributed by atoms with Crippen LogP contribution in [0.25, 0.3) is 0 Å². The lowest BCUT2D eigenvalue weighted by Crippen LogP contribution is -2.22. The average molecular weight is 307 g/mol. The molecule has 1 aliphatic carbocycles. The molecule has 3 rings (SSSR count). The molecule has 0 aromatic carbocycles. The second-order valence-electron chi connectivity index (χ2n) is 5.13. The predicted octanol–water partition coefficient (Wildman–Crippen LogP) is 3.00. The van der Waals surface area contributed by atoms with E-state index in [-0.39, 0.29) is 0 Å². The first kappa shape index (κ1) is 13.9. The fraction of sp³-hybridized carbons (Fsp3) is 0.357. The Kier molecular flexibility index (Phi) is 3.79. The smallest absolute Gasteiger partial charge is 0.275 e. The summed E-state index contributed by atoms with van der Waals surface area (Å²) in [6, 6.07) is 3.62. The molecule has 0 unspecified atom stereocenters. The highest BCUT2D eigenvalue weighted by Gasteiger charge is 2.30. The van der Waals surface area contributed by atoms with Crippen molar-refractivity contribution in [3.05, 3.63) is 62.6 Å². The SMILES string of the molecule is O=[N+]([O-])/C=C1\NC2=C(CCCC2)N1Cc1ccc(Cl)nc1. The normalized spacial score (nSPS) is 19.7. The van der Waals surface area contributed by atoms with Crippen LogP contribution in [0.3, 0.4) is 0 Å². The molecule has 110 valence electrons. The van der Waals surface area contributed by atoms with Crippen molar-refractivity contribution in [1.82, 2.24) is 15.2 Å². The fourth-order valence-electron chi connectivity index (χ4n) is 2.75. The molecule has 0 radical (unpaired) electrons. The molecule has 2 heterocycles. The zero-order valence-corrected chi connectivity index (χ0v) is 12.1. The van der Waals surface area contributed by atoms with E-state index < -0.39 is 4.92 Å². The lowest BCUT2D eigenvalue weighted by atomic mass is 10.0. The topological polar surface area (TPSA) is 71.3 Å². The van der Waals surface area contributed by atoms with E-state index >= 15 is 0 Å². The summed E-state index contributed by atoms with van der Waals surface area (Å²) < 4.78 is 0. The number of aromatic nitrogens is 1. The number of halogens is 1. The van der Waals surface area contributed by atoms with E-state index in [0.717, 1.165) is 48.8 Å². The average Bonchev–Trinajstić information content (AvgIpc) is 2.78. The number of nitro groups is 1. The maximum Gasteiger partial charge on any atom is 0.275 e. The van der Waals surface area contributed by atoms with E-state index in [4.69, 9.17) is 11.6 Å². The summed E-state index contributed by atoms with van der Waals surface area (Å²) in [5, 5.41) is 14.4.